The molecule has 0 spiro atoms. The number of aliphatic imine (C=N–C) groups is 1. The van der Waals surface area contributed by atoms with E-state index in [-0.39, 0.29) is 0 Å². The number of fused-ring (bicyclic) bond motifs is 1. The Balaban J connectivity index is 1.56. The molecular formula is C21H31BrN6. The van der Waals surface area contributed by atoms with E-state index in [1.807, 2.05) is 6.07 Å². The van der Waals surface area contributed by atoms with Crippen LogP contribution in [0.1, 0.15) is 49.8 Å². The van der Waals surface area contributed by atoms with Crippen molar-refractivity contribution in [1.29, 1.82) is 0 Å². The summed E-state index contributed by atoms with van der Waals surface area (Å²) in [5, 5.41) is 12.2. The summed E-state index contributed by atoms with van der Waals surface area (Å²) in [6, 6.07) is 8.33. The van der Waals surface area contributed by atoms with Gasteiger partial charge >= 0.3 is 0 Å². The van der Waals surface area contributed by atoms with Crippen LogP contribution in [0.25, 0.3) is 0 Å². The predicted molar refractivity (Wildman–Crippen MR) is 117 cm³/mol. The Morgan fingerprint density at radius 2 is 2.11 bits per heavy atom. The Kier molecular flexibility index (Phi) is 7.89. The molecular weight excluding hydrogens is 416 g/mol. The second-order valence-corrected chi connectivity index (χ2v) is 8.14. The van der Waals surface area contributed by atoms with E-state index in [4.69, 9.17) is 4.99 Å². The fraction of sp³-hybridized carbons (Fsp3) is 0.571. The van der Waals surface area contributed by atoms with Gasteiger partial charge in [-0.3, -0.25) is 4.99 Å². The summed E-state index contributed by atoms with van der Waals surface area (Å²) in [6.45, 7) is 5.62. The van der Waals surface area contributed by atoms with E-state index in [1.165, 1.54) is 24.8 Å². The van der Waals surface area contributed by atoms with Crippen molar-refractivity contribution in [3.63, 3.8) is 0 Å². The lowest BCUT2D eigenvalue weighted by atomic mass is 10.2. The van der Waals surface area contributed by atoms with Gasteiger partial charge in [0.1, 0.15) is 11.6 Å². The van der Waals surface area contributed by atoms with Crippen LogP contribution in [0.2, 0.25) is 0 Å². The second kappa shape index (κ2) is 10.6. The third-order valence-electron chi connectivity index (χ3n) is 5.07. The molecule has 1 aromatic carbocycles. The zero-order chi connectivity index (χ0) is 19.8. The van der Waals surface area contributed by atoms with Crippen LogP contribution in [-0.2, 0) is 25.9 Å². The summed E-state index contributed by atoms with van der Waals surface area (Å²) >= 11 is 3.63. The summed E-state index contributed by atoms with van der Waals surface area (Å²) < 4.78 is 3.46. The molecule has 1 N–H and O–H groups in total. The minimum absolute atomic E-state index is 0.783. The van der Waals surface area contributed by atoms with Gasteiger partial charge < -0.3 is 14.8 Å². The number of hydrogen-bond acceptors (Lipinski definition) is 3. The lowest BCUT2D eigenvalue weighted by Crippen LogP contribution is -2.38. The number of halogens is 1. The largest absolute Gasteiger partial charge is 0.357 e. The zero-order valence-electron chi connectivity index (χ0n) is 17.0. The van der Waals surface area contributed by atoms with Gasteiger partial charge in [-0.15, -0.1) is 10.2 Å². The SMILES string of the molecule is CCNC(=NCCCc1nnc2n1CCCCC2)N(C)Cc1ccccc1Br. The van der Waals surface area contributed by atoms with Crippen molar-refractivity contribution < 1.29 is 0 Å². The molecule has 0 bridgehead atoms. The molecule has 0 saturated carbocycles. The van der Waals surface area contributed by atoms with Crippen LogP contribution in [0.4, 0.5) is 0 Å². The van der Waals surface area contributed by atoms with E-state index in [0.717, 1.165) is 67.5 Å². The van der Waals surface area contributed by atoms with Gasteiger partial charge in [-0.1, -0.05) is 40.5 Å². The van der Waals surface area contributed by atoms with E-state index in [9.17, 15) is 0 Å². The number of guanidine groups is 1. The minimum atomic E-state index is 0.783. The minimum Gasteiger partial charge on any atom is -0.357 e. The zero-order valence-corrected chi connectivity index (χ0v) is 18.6. The monoisotopic (exact) mass is 446 g/mol. The highest BCUT2D eigenvalue weighted by Gasteiger charge is 2.14. The third kappa shape index (κ3) is 5.56. The van der Waals surface area contributed by atoms with Gasteiger partial charge in [0.15, 0.2) is 5.96 Å². The molecule has 6 nitrogen and oxygen atoms in total. The van der Waals surface area contributed by atoms with Crippen molar-refractivity contribution in [1.82, 2.24) is 25.0 Å². The first-order valence-electron chi connectivity index (χ1n) is 10.3. The van der Waals surface area contributed by atoms with Crippen molar-refractivity contribution in [3.05, 3.63) is 46.0 Å². The average molecular weight is 447 g/mol. The van der Waals surface area contributed by atoms with Crippen LogP contribution in [0.5, 0.6) is 0 Å². The molecule has 1 aliphatic rings. The average Bonchev–Trinajstić information content (AvgIpc) is 2.92. The molecule has 3 rings (SSSR count). The van der Waals surface area contributed by atoms with Gasteiger partial charge in [0.25, 0.3) is 0 Å². The number of hydrogen-bond donors (Lipinski definition) is 1. The lowest BCUT2D eigenvalue weighted by Gasteiger charge is -2.22. The Labute approximate surface area is 176 Å². The van der Waals surface area contributed by atoms with Gasteiger partial charge in [-0.05, 0) is 37.8 Å². The van der Waals surface area contributed by atoms with E-state index in [1.54, 1.807) is 0 Å². The maximum absolute atomic E-state index is 4.83. The molecule has 0 amide bonds. The maximum atomic E-state index is 4.83. The smallest absolute Gasteiger partial charge is 0.193 e. The molecule has 0 radical (unpaired) electrons. The number of aromatic nitrogens is 3. The van der Waals surface area contributed by atoms with Gasteiger partial charge in [0.05, 0.1) is 0 Å². The molecule has 1 aliphatic heterocycles. The Morgan fingerprint density at radius 3 is 2.93 bits per heavy atom. The van der Waals surface area contributed by atoms with E-state index >= 15 is 0 Å². The van der Waals surface area contributed by atoms with E-state index in [0.29, 0.717) is 0 Å². The Bertz CT molecular complexity index is 785. The molecule has 0 fully saturated rings. The summed E-state index contributed by atoms with van der Waals surface area (Å²) in [4.78, 5) is 7.00. The van der Waals surface area contributed by atoms with Crippen LogP contribution >= 0.6 is 15.9 Å². The first kappa shape index (κ1) is 20.8. The highest BCUT2D eigenvalue weighted by Crippen LogP contribution is 2.17. The molecule has 7 heteroatoms. The van der Waals surface area contributed by atoms with E-state index in [2.05, 4.69) is 73.1 Å². The van der Waals surface area contributed by atoms with Crippen molar-refractivity contribution in [2.45, 2.75) is 58.5 Å². The summed E-state index contributed by atoms with van der Waals surface area (Å²) in [6.07, 6.45) is 6.75. The number of rotatable bonds is 7. The summed E-state index contributed by atoms with van der Waals surface area (Å²) in [7, 11) is 2.08. The molecule has 0 atom stereocenters. The fourth-order valence-electron chi connectivity index (χ4n) is 3.58. The number of aryl methyl sites for hydroxylation is 2. The number of nitrogens with zero attached hydrogens (tertiary/aromatic N) is 5. The highest BCUT2D eigenvalue weighted by atomic mass is 79.9. The van der Waals surface area contributed by atoms with Gasteiger partial charge in [-0.25, -0.2) is 0 Å². The first-order valence-corrected chi connectivity index (χ1v) is 11.1. The lowest BCUT2D eigenvalue weighted by molar-refractivity contribution is 0.475. The van der Waals surface area contributed by atoms with Gasteiger partial charge in [0, 0.05) is 50.5 Å². The Morgan fingerprint density at radius 1 is 1.25 bits per heavy atom. The standard InChI is InChI=1S/C21H31BrN6/c1-3-23-21(27(2)16-17-10-6-7-11-18(17)22)24-14-9-13-20-26-25-19-12-5-4-8-15-28(19)20/h6-7,10-11H,3-5,8-9,12-16H2,1-2H3,(H,23,24). The van der Waals surface area contributed by atoms with Crippen LogP contribution in [-0.4, -0.2) is 45.8 Å². The predicted octanol–water partition coefficient (Wildman–Crippen LogP) is 3.80. The summed E-state index contributed by atoms with van der Waals surface area (Å²) in [5.41, 5.74) is 1.25. The number of nitrogens with one attached hydrogen (secondary N) is 1. The molecule has 0 saturated heterocycles. The summed E-state index contributed by atoms with van der Waals surface area (Å²) in [5.74, 6) is 3.23. The molecule has 2 aromatic rings. The third-order valence-corrected chi connectivity index (χ3v) is 5.84. The molecule has 1 aromatic heterocycles. The van der Waals surface area contributed by atoms with Crippen LogP contribution in [0.3, 0.4) is 0 Å². The van der Waals surface area contributed by atoms with Crippen molar-refractivity contribution in [3.8, 4) is 0 Å². The van der Waals surface area contributed by atoms with Gasteiger partial charge in [-0.2, -0.15) is 0 Å². The van der Waals surface area contributed by atoms with Crippen molar-refractivity contribution in [2.75, 3.05) is 20.1 Å². The van der Waals surface area contributed by atoms with Crippen molar-refractivity contribution >= 4 is 21.9 Å². The normalized spacial score (nSPS) is 14.5. The quantitative estimate of drug-likeness (QED) is 0.399. The fourth-order valence-corrected chi connectivity index (χ4v) is 3.99. The second-order valence-electron chi connectivity index (χ2n) is 7.28. The molecule has 152 valence electrons. The van der Waals surface area contributed by atoms with Gasteiger partial charge in [0.2, 0.25) is 0 Å². The first-order chi connectivity index (χ1) is 13.7. The number of benzene rings is 1. The maximum Gasteiger partial charge on any atom is 0.193 e. The molecule has 28 heavy (non-hydrogen) atoms. The molecule has 0 unspecified atom stereocenters. The van der Waals surface area contributed by atoms with E-state index < -0.39 is 0 Å². The highest BCUT2D eigenvalue weighted by molar-refractivity contribution is 9.10. The van der Waals surface area contributed by atoms with Crippen LogP contribution in [0.15, 0.2) is 33.7 Å². The molecule has 0 aliphatic carbocycles. The van der Waals surface area contributed by atoms with Crippen molar-refractivity contribution in [2.24, 2.45) is 4.99 Å². The Hall–Kier alpha value is -1.89. The molecule has 2 heterocycles. The van der Waals surface area contributed by atoms with Crippen LogP contribution in [0, 0.1) is 0 Å². The topological polar surface area (TPSA) is 58.3 Å². The van der Waals surface area contributed by atoms with Crippen LogP contribution < -0.4 is 5.32 Å².